The van der Waals surface area contributed by atoms with E-state index in [1.807, 2.05) is 0 Å². The third-order valence-corrected chi connectivity index (χ3v) is 4.69. The molecule has 4 rings (SSSR count). The van der Waals surface area contributed by atoms with Gasteiger partial charge in [0.25, 0.3) is 0 Å². The van der Waals surface area contributed by atoms with Gasteiger partial charge in [-0.3, -0.25) is 0 Å². The summed E-state index contributed by atoms with van der Waals surface area (Å²) in [4.78, 5) is 0. The first-order chi connectivity index (χ1) is 9.92. The van der Waals surface area contributed by atoms with Crippen LogP contribution < -0.4 is 10.6 Å². The monoisotopic (exact) mass is 274 g/mol. The number of hydrogen-bond donors (Lipinski definition) is 2. The zero-order valence-electron chi connectivity index (χ0n) is 11.7. The van der Waals surface area contributed by atoms with E-state index in [1.54, 1.807) is 0 Å². The SMILES string of the molecule is c1ccc2c(c1)NC(C1CCCO1)C(C1CCCO1)N2. The second-order valence-corrected chi connectivity index (χ2v) is 5.99. The molecule has 0 bridgehead atoms. The first-order valence-corrected chi connectivity index (χ1v) is 7.77. The number of benzene rings is 1. The van der Waals surface area contributed by atoms with Crippen molar-refractivity contribution < 1.29 is 9.47 Å². The fraction of sp³-hybridized carbons (Fsp3) is 0.625. The van der Waals surface area contributed by atoms with E-state index < -0.39 is 0 Å². The van der Waals surface area contributed by atoms with E-state index in [4.69, 9.17) is 9.47 Å². The number of anilines is 2. The molecule has 0 aliphatic carbocycles. The number of fused-ring (bicyclic) bond motifs is 1. The minimum atomic E-state index is 0.296. The average molecular weight is 274 g/mol. The molecule has 4 unspecified atom stereocenters. The number of para-hydroxylation sites is 2. The Morgan fingerprint density at radius 2 is 1.30 bits per heavy atom. The van der Waals surface area contributed by atoms with Crippen LogP contribution in [0.3, 0.4) is 0 Å². The van der Waals surface area contributed by atoms with Gasteiger partial charge in [0.1, 0.15) is 0 Å². The molecule has 2 N–H and O–H groups in total. The van der Waals surface area contributed by atoms with Gasteiger partial charge in [0.15, 0.2) is 0 Å². The zero-order valence-corrected chi connectivity index (χ0v) is 11.7. The molecule has 0 aromatic heterocycles. The molecule has 2 saturated heterocycles. The van der Waals surface area contributed by atoms with Gasteiger partial charge >= 0.3 is 0 Å². The summed E-state index contributed by atoms with van der Waals surface area (Å²) in [5.74, 6) is 0. The van der Waals surface area contributed by atoms with Gasteiger partial charge in [0, 0.05) is 13.2 Å². The quantitative estimate of drug-likeness (QED) is 0.870. The lowest BCUT2D eigenvalue weighted by atomic mass is 9.91. The second kappa shape index (κ2) is 5.26. The van der Waals surface area contributed by atoms with Crippen molar-refractivity contribution in [3.8, 4) is 0 Å². The van der Waals surface area contributed by atoms with Crippen LogP contribution >= 0.6 is 0 Å². The number of rotatable bonds is 2. The lowest BCUT2D eigenvalue weighted by Crippen LogP contribution is -2.55. The predicted molar refractivity (Wildman–Crippen MR) is 79.2 cm³/mol. The topological polar surface area (TPSA) is 42.5 Å². The van der Waals surface area contributed by atoms with Gasteiger partial charge in [0.2, 0.25) is 0 Å². The highest BCUT2D eigenvalue weighted by atomic mass is 16.5. The molecule has 0 radical (unpaired) electrons. The van der Waals surface area contributed by atoms with Gasteiger partial charge in [-0.25, -0.2) is 0 Å². The van der Waals surface area contributed by atoms with Gasteiger partial charge in [-0.15, -0.1) is 0 Å². The third kappa shape index (κ3) is 2.17. The summed E-state index contributed by atoms with van der Waals surface area (Å²) in [7, 11) is 0. The maximum absolute atomic E-state index is 5.94. The van der Waals surface area contributed by atoms with E-state index >= 15 is 0 Å². The first kappa shape index (κ1) is 12.5. The highest BCUT2D eigenvalue weighted by Gasteiger charge is 2.41. The maximum Gasteiger partial charge on any atom is 0.0797 e. The van der Waals surface area contributed by atoms with Crippen molar-refractivity contribution in [3.05, 3.63) is 24.3 Å². The highest BCUT2D eigenvalue weighted by Crippen LogP contribution is 2.35. The summed E-state index contributed by atoms with van der Waals surface area (Å²) in [5.41, 5.74) is 2.37. The first-order valence-electron chi connectivity index (χ1n) is 7.77. The summed E-state index contributed by atoms with van der Waals surface area (Å²) in [6, 6.07) is 9.02. The number of nitrogens with one attached hydrogen (secondary N) is 2. The van der Waals surface area contributed by atoms with Gasteiger partial charge in [-0.1, -0.05) is 12.1 Å². The van der Waals surface area contributed by atoms with Gasteiger partial charge in [-0.2, -0.15) is 0 Å². The van der Waals surface area contributed by atoms with E-state index in [1.165, 1.54) is 24.2 Å². The van der Waals surface area contributed by atoms with Crippen molar-refractivity contribution in [2.75, 3.05) is 23.8 Å². The summed E-state index contributed by atoms with van der Waals surface area (Å²) < 4.78 is 11.9. The summed E-state index contributed by atoms with van der Waals surface area (Å²) in [5, 5.41) is 7.40. The molecule has 3 aliphatic heterocycles. The molecule has 2 fully saturated rings. The maximum atomic E-state index is 5.94. The Morgan fingerprint density at radius 1 is 0.800 bits per heavy atom. The van der Waals surface area contributed by atoms with Gasteiger partial charge in [-0.05, 0) is 37.8 Å². The molecule has 4 heteroatoms. The Kier molecular flexibility index (Phi) is 3.28. The van der Waals surface area contributed by atoms with Crippen LogP contribution in [-0.4, -0.2) is 37.5 Å². The summed E-state index contributed by atoms with van der Waals surface area (Å²) in [6.45, 7) is 1.78. The lowest BCUT2D eigenvalue weighted by molar-refractivity contribution is 0.0475. The number of ether oxygens (including phenoxy) is 2. The molecule has 0 spiro atoms. The van der Waals surface area contributed by atoms with E-state index in [0.29, 0.717) is 24.3 Å². The molecule has 0 saturated carbocycles. The van der Waals surface area contributed by atoms with E-state index in [0.717, 1.165) is 26.1 Å². The van der Waals surface area contributed by atoms with Crippen molar-refractivity contribution in [2.24, 2.45) is 0 Å². The Balaban J connectivity index is 1.62. The normalized spacial score (nSPS) is 36.2. The van der Waals surface area contributed by atoms with Crippen molar-refractivity contribution in [1.82, 2.24) is 0 Å². The van der Waals surface area contributed by atoms with Crippen LogP contribution in [0.1, 0.15) is 25.7 Å². The largest absolute Gasteiger partial charge is 0.376 e. The Hall–Kier alpha value is -1.26. The van der Waals surface area contributed by atoms with Crippen LogP contribution in [0.5, 0.6) is 0 Å². The molecule has 0 amide bonds. The lowest BCUT2D eigenvalue weighted by Gasteiger charge is -2.41. The summed E-state index contributed by atoms with van der Waals surface area (Å²) in [6.07, 6.45) is 5.22. The molecule has 3 heterocycles. The second-order valence-electron chi connectivity index (χ2n) is 5.99. The zero-order chi connectivity index (χ0) is 13.4. The smallest absolute Gasteiger partial charge is 0.0797 e. The van der Waals surface area contributed by atoms with Crippen LogP contribution in [-0.2, 0) is 9.47 Å². The fourth-order valence-corrected chi connectivity index (χ4v) is 3.69. The highest BCUT2D eigenvalue weighted by molar-refractivity contribution is 5.72. The fourth-order valence-electron chi connectivity index (χ4n) is 3.69. The molecule has 3 aliphatic rings. The Morgan fingerprint density at radius 3 is 1.70 bits per heavy atom. The van der Waals surface area contributed by atoms with E-state index in [-0.39, 0.29) is 0 Å². The van der Waals surface area contributed by atoms with Crippen molar-refractivity contribution in [1.29, 1.82) is 0 Å². The molecular weight excluding hydrogens is 252 g/mol. The molecule has 4 atom stereocenters. The van der Waals surface area contributed by atoms with Crippen LogP contribution in [0.15, 0.2) is 24.3 Å². The van der Waals surface area contributed by atoms with Crippen LogP contribution in [0.2, 0.25) is 0 Å². The van der Waals surface area contributed by atoms with Crippen molar-refractivity contribution >= 4 is 11.4 Å². The molecule has 108 valence electrons. The minimum absolute atomic E-state index is 0.296. The van der Waals surface area contributed by atoms with Gasteiger partial charge in [0.05, 0.1) is 35.7 Å². The number of hydrogen-bond acceptors (Lipinski definition) is 4. The van der Waals surface area contributed by atoms with Crippen LogP contribution in [0.4, 0.5) is 11.4 Å². The average Bonchev–Trinajstić information content (AvgIpc) is 3.19. The minimum Gasteiger partial charge on any atom is -0.376 e. The molecular formula is C16H22N2O2. The summed E-state index contributed by atoms with van der Waals surface area (Å²) >= 11 is 0. The molecule has 20 heavy (non-hydrogen) atoms. The van der Waals surface area contributed by atoms with E-state index in [9.17, 15) is 0 Å². The Labute approximate surface area is 119 Å². The van der Waals surface area contributed by atoms with Crippen molar-refractivity contribution in [2.45, 2.75) is 50.0 Å². The van der Waals surface area contributed by atoms with Crippen molar-refractivity contribution in [3.63, 3.8) is 0 Å². The molecule has 1 aromatic carbocycles. The standard InChI is InChI=1S/C16H22N2O2/c1-2-6-12-11(5-1)17-15(13-7-3-9-19-13)16(18-12)14-8-4-10-20-14/h1-2,5-6,13-18H,3-4,7-10H2. The van der Waals surface area contributed by atoms with Crippen LogP contribution in [0, 0.1) is 0 Å². The van der Waals surface area contributed by atoms with Crippen LogP contribution in [0.25, 0.3) is 0 Å². The predicted octanol–water partition coefficient (Wildman–Crippen LogP) is 2.62. The molecule has 1 aromatic rings. The van der Waals surface area contributed by atoms with Gasteiger partial charge < -0.3 is 20.1 Å². The van der Waals surface area contributed by atoms with E-state index in [2.05, 4.69) is 34.9 Å². The Bertz CT molecular complexity index is 424. The third-order valence-electron chi connectivity index (χ3n) is 4.69. The molecule has 4 nitrogen and oxygen atoms in total.